The maximum Gasteiger partial charge on any atom is 0.258 e. The maximum atomic E-state index is 11.3. The monoisotopic (exact) mass is 240 g/mol. The number of anilines is 1. The maximum absolute atomic E-state index is 11.3. The number of hydrogen-bond acceptors (Lipinski definition) is 5. The van der Waals surface area contributed by atoms with Crippen LogP contribution in [0.5, 0.6) is 11.5 Å². The number of methoxy groups -OCH3 is 1. The quantitative estimate of drug-likeness (QED) is 0.373. The summed E-state index contributed by atoms with van der Waals surface area (Å²) in [6.45, 7) is 0.714. The van der Waals surface area contributed by atoms with Gasteiger partial charge in [0.25, 0.3) is 5.91 Å². The van der Waals surface area contributed by atoms with Crippen LogP contribution in [0.15, 0.2) is 18.2 Å². The van der Waals surface area contributed by atoms with Crippen LogP contribution in [0.25, 0.3) is 0 Å². The molecule has 0 aliphatic heterocycles. The minimum absolute atomic E-state index is 0.0673. The molecular formula is C11H16N2O4. The topological polar surface area (TPSA) is 93.8 Å². The van der Waals surface area contributed by atoms with E-state index in [2.05, 4.69) is 5.32 Å². The van der Waals surface area contributed by atoms with Crippen molar-refractivity contribution in [1.29, 1.82) is 0 Å². The van der Waals surface area contributed by atoms with Crippen molar-refractivity contribution >= 4 is 11.6 Å². The van der Waals surface area contributed by atoms with Crippen molar-refractivity contribution in [2.45, 2.75) is 0 Å². The van der Waals surface area contributed by atoms with Gasteiger partial charge in [-0.2, -0.15) is 0 Å². The SMILES string of the molecule is COCCNC(=O)COc1cccc(O)c1N. The zero-order valence-electron chi connectivity index (χ0n) is 9.60. The zero-order chi connectivity index (χ0) is 12.7. The number of phenols is 1. The van der Waals surface area contributed by atoms with Crippen molar-refractivity contribution in [3.05, 3.63) is 18.2 Å². The number of carbonyl (C=O) groups excluding carboxylic acids is 1. The molecule has 0 atom stereocenters. The Morgan fingerprint density at radius 3 is 3.00 bits per heavy atom. The lowest BCUT2D eigenvalue weighted by molar-refractivity contribution is -0.123. The summed E-state index contributed by atoms with van der Waals surface area (Å²) in [5.41, 5.74) is 5.69. The summed E-state index contributed by atoms with van der Waals surface area (Å²) < 4.78 is 9.95. The van der Waals surface area contributed by atoms with Crippen molar-refractivity contribution in [2.24, 2.45) is 0 Å². The molecule has 1 aromatic rings. The van der Waals surface area contributed by atoms with Gasteiger partial charge in [-0.3, -0.25) is 4.79 Å². The Morgan fingerprint density at radius 2 is 2.29 bits per heavy atom. The van der Waals surface area contributed by atoms with E-state index >= 15 is 0 Å². The lowest BCUT2D eigenvalue weighted by Crippen LogP contribution is -2.31. The molecule has 0 aliphatic rings. The molecule has 4 N–H and O–H groups in total. The summed E-state index contributed by atoms with van der Waals surface area (Å²) in [5.74, 6) is -0.0565. The molecule has 6 nitrogen and oxygen atoms in total. The van der Waals surface area contributed by atoms with Crippen LogP contribution in [0.4, 0.5) is 5.69 Å². The first kappa shape index (κ1) is 13.1. The standard InChI is InChI=1S/C11H16N2O4/c1-16-6-5-13-10(15)7-17-9-4-2-3-8(14)11(9)12/h2-4,14H,5-7,12H2,1H3,(H,13,15). The average molecular weight is 240 g/mol. The van der Waals surface area contributed by atoms with Crippen molar-refractivity contribution in [1.82, 2.24) is 5.32 Å². The van der Waals surface area contributed by atoms with Gasteiger partial charge < -0.3 is 25.6 Å². The second kappa shape index (κ2) is 6.59. The second-order valence-electron chi connectivity index (χ2n) is 3.32. The van der Waals surface area contributed by atoms with E-state index in [9.17, 15) is 9.90 Å². The number of benzene rings is 1. The fourth-order valence-corrected chi connectivity index (χ4v) is 1.15. The molecule has 0 unspecified atom stereocenters. The van der Waals surface area contributed by atoms with Crippen molar-refractivity contribution in [2.75, 3.05) is 32.6 Å². The lowest BCUT2D eigenvalue weighted by atomic mass is 10.3. The van der Waals surface area contributed by atoms with Gasteiger partial charge in [-0.15, -0.1) is 0 Å². The van der Waals surface area contributed by atoms with Crippen LogP contribution in [0.2, 0.25) is 0 Å². The van der Waals surface area contributed by atoms with Gasteiger partial charge in [0.2, 0.25) is 0 Å². The van der Waals surface area contributed by atoms with Crippen LogP contribution in [-0.4, -0.2) is 37.9 Å². The lowest BCUT2D eigenvalue weighted by Gasteiger charge is -2.09. The van der Waals surface area contributed by atoms with Crippen LogP contribution in [0.3, 0.4) is 0 Å². The largest absolute Gasteiger partial charge is 0.506 e. The first-order valence-electron chi connectivity index (χ1n) is 5.11. The molecule has 0 saturated heterocycles. The Kier molecular flexibility index (Phi) is 5.09. The molecule has 1 amide bonds. The van der Waals surface area contributed by atoms with E-state index in [-0.39, 0.29) is 29.7 Å². The smallest absolute Gasteiger partial charge is 0.258 e. The summed E-state index contributed by atoms with van der Waals surface area (Å²) in [5, 5.41) is 11.9. The minimum atomic E-state index is -0.273. The molecule has 0 fully saturated rings. The first-order valence-corrected chi connectivity index (χ1v) is 5.11. The molecule has 0 spiro atoms. The van der Waals surface area contributed by atoms with E-state index in [1.807, 2.05) is 0 Å². The predicted octanol–water partition coefficient (Wildman–Crippen LogP) is 0.116. The van der Waals surface area contributed by atoms with E-state index < -0.39 is 0 Å². The summed E-state index contributed by atoms with van der Waals surface area (Å²) >= 11 is 0. The average Bonchev–Trinajstić information content (AvgIpc) is 2.31. The molecule has 0 bridgehead atoms. The highest BCUT2D eigenvalue weighted by Gasteiger charge is 2.07. The Bertz CT molecular complexity index is 382. The molecule has 0 heterocycles. The molecular weight excluding hydrogens is 224 g/mol. The fraction of sp³-hybridized carbons (Fsp3) is 0.364. The van der Waals surface area contributed by atoms with Gasteiger partial charge in [0, 0.05) is 13.7 Å². The van der Waals surface area contributed by atoms with E-state index in [1.54, 1.807) is 19.2 Å². The third kappa shape index (κ3) is 4.20. The van der Waals surface area contributed by atoms with Gasteiger partial charge >= 0.3 is 0 Å². The van der Waals surface area contributed by atoms with E-state index in [0.717, 1.165) is 0 Å². The van der Waals surface area contributed by atoms with Gasteiger partial charge in [-0.05, 0) is 12.1 Å². The van der Waals surface area contributed by atoms with Crippen molar-refractivity contribution < 1.29 is 19.4 Å². The molecule has 1 rings (SSSR count). The van der Waals surface area contributed by atoms with Gasteiger partial charge in [0.15, 0.2) is 6.61 Å². The number of nitrogens with one attached hydrogen (secondary N) is 1. The van der Waals surface area contributed by atoms with E-state index in [0.29, 0.717) is 13.2 Å². The van der Waals surface area contributed by atoms with E-state index in [1.165, 1.54) is 6.07 Å². The Labute approximate surface area is 99.3 Å². The predicted molar refractivity (Wildman–Crippen MR) is 62.9 cm³/mol. The Balaban J connectivity index is 2.39. The number of nitrogen functional groups attached to an aromatic ring is 1. The normalized spacial score (nSPS) is 9.94. The third-order valence-electron chi connectivity index (χ3n) is 2.03. The van der Waals surface area contributed by atoms with Crippen LogP contribution in [0, 0.1) is 0 Å². The summed E-state index contributed by atoms with van der Waals surface area (Å²) in [4.78, 5) is 11.3. The Morgan fingerprint density at radius 1 is 1.53 bits per heavy atom. The molecule has 0 aliphatic carbocycles. The number of phenolic OH excluding ortho intramolecular Hbond substituents is 1. The summed E-state index contributed by atoms with van der Waals surface area (Å²) in [6, 6.07) is 4.61. The molecule has 1 aromatic carbocycles. The summed E-state index contributed by atoms with van der Waals surface area (Å²) in [7, 11) is 1.55. The molecule has 94 valence electrons. The first-order chi connectivity index (χ1) is 8.15. The number of rotatable bonds is 6. The highest BCUT2D eigenvalue weighted by atomic mass is 16.5. The summed E-state index contributed by atoms with van der Waals surface area (Å²) in [6.07, 6.45) is 0. The number of aromatic hydroxyl groups is 1. The third-order valence-corrected chi connectivity index (χ3v) is 2.03. The number of para-hydroxylation sites is 1. The number of amides is 1. The van der Waals surface area contributed by atoms with Gasteiger partial charge in [0.1, 0.15) is 17.2 Å². The van der Waals surface area contributed by atoms with Crippen LogP contribution in [-0.2, 0) is 9.53 Å². The number of carbonyl (C=O) groups is 1. The van der Waals surface area contributed by atoms with E-state index in [4.69, 9.17) is 15.2 Å². The number of hydrogen-bond donors (Lipinski definition) is 3. The van der Waals surface area contributed by atoms with Crippen LogP contribution in [0.1, 0.15) is 0 Å². The highest BCUT2D eigenvalue weighted by molar-refractivity contribution is 5.77. The molecule has 6 heteroatoms. The zero-order valence-corrected chi connectivity index (χ0v) is 9.60. The van der Waals surface area contributed by atoms with Crippen LogP contribution >= 0.6 is 0 Å². The fourth-order valence-electron chi connectivity index (χ4n) is 1.15. The van der Waals surface area contributed by atoms with Crippen molar-refractivity contribution in [3.8, 4) is 11.5 Å². The van der Waals surface area contributed by atoms with Gasteiger partial charge in [-0.25, -0.2) is 0 Å². The molecule has 0 aromatic heterocycles. The number of nitrogens with two attached hydrogens (primary N) is 1. The molecule has 17 heavy (non-hydrogen) atoms. The van der Waals surface area contributed by atoms with Crippen molar-refractivity contribution in [3.63, 3.8) is 0 Å². The molecule has 0 radical (unpaired) electrons. The number of ether oxygens (including phenoxy) is 2. The molecule has 0 saturated carbocycles. The Hall–Kier alpha value is -1.95. The van der Waals surface area contributed by atoms with Crippen LogP contribution < -0.4 is 15.8 Å². The van der Waals surface area contributed by atoms with Gasteiger partial charge in [-0.1, -0.05) is 6.07 Å². The second-order valence-corrected chi connectivity index (χ2v) is 3.32. The highest BCUT2D eigenvalue weighted by Crippen LogP contribution is 2.29. The minimum Gasteiger partial charge on any atom is -0.506 e. The van der Waals surface area contributed by atoms with Gasteiger partial charge in [0.05, 0.1) is 6.61 Å².